The van der Waals surface area contributed by atoms with Gasteiger partial charge in [0, 0.05) is 12.5 Å². The Bertz CT molecular complexity index is 863. The predicted molar refractivity (Wildman–Crippen MR) is 124 cm³/mol. The van der Waals surface area contributed by atoms with Crippen LogP contribution in [0.5, 0.6) is 0 Å². The minimum atomic E-state index is -0.160. The van der Waals surface area contributed by atoms with Gasteiger partial charge < -0.3 is 14.2 Å². The lowest BCUT2D eigenvalue weighted by Gasteiger charge is -2.57. The minimum Gasteiger partial charge on any atom is -0.458 e. The Hall–Kier alpha value is -1.65. The van der Waals surface area contributed by atoms with E-state index in [2.05, 4.69) is 19.9 Å². The van der Waals surface area contributed by atoms with Gasteiger partial charge in [-0.05, 0) is 86.7 Å². The van der Waals surface area contributed by atoms with E-state index in [0.29, 0.717) is 35.7 Å². The number of carbonyl (C=O) groups is 1. The van der Waals surface area contributed by atoms with Gasteiger partial charge in [0.25, 0.3) is 0 Å². The standard InChI is InChI=1S/C28H38O4/c1-27-15-13-21(31-18-30-3)17-20(27)9-10-22-23-11-12-25(28(23,2)16-14-24(22)27)32-26(29)19-7-5-4-6-8-19/h4-9,21-25H,10-18H2,1-3H3/t21?,22-,23-,24+,25?,27-,28-/m0/s1. The molecule has 3 saturated carbocycles. The molecule has 0 spiro atoms. The van der Waals surface area contributed by atoms with Crippen molar-refractivity contribution in [3.05, 3.63) is 47.5 Å². The van der Waals surface area contributed by atoms with E-state index in [1.54, 1.807) is 12.7 Å². The molecular formula is C28H38O4. The second kappa shape index (κ2) is 8.61. The van der Waals surface area contributed by atoms with Crippen LogP contribution in [0, 0.1) is 28.6 Å². The molecule has 0 radical (unpaired) electrons. The van der Waals surface area contributed by atoms with Gasteiger partial charge in [-0.25, -0.2) is 4.79 Å². The average molecular weight is 439 g/mol. The van der Waals surface area contributed by atoms with Gasteiger partial charge in [0.05, 0.1) is 11.7 Å². The molecule has 5 rings (SSSR count). The highest BCUT2D eigenvalue weighted by molar-refractivity contribution is 5.89. The van der Waals surface area contributed by atoms with Crippen LogP contribution in [0.1, 0.15) is 75.6 Å². The van der Waals surface area contributed by atoms with Gasteiger partial charge >= 0.3 is 5.97 Å². The predicted octanol–water partition coefficient (Wildman–Crippen LogP) is 6.16. The second-order valence-electron chi connectivity index (χ2n) is 11.1. The summed E-state index contributed by atoms with van der Waals surface area (Å²) < 4.78 is 17.2. The van der Waals surface area contributed by atoms with Gasteiger partial charge in [-0.15, -0.1) is 0 Å². The Morgan fingerprint density at radius 3 is 2.62 bits per heavy atom. The highest BCUT2D eigenvalue weighted by Crippen LogP contribution is 2.65. The van der Waals surface area contributed by atoms with Crippen molar-refractivity contribution in [1.29, 1.82) is 0 Å². The first-order valence-electron chi connectivity index (χ1n) is 12.5. The van der Waals surface area contributed by atoms with Crippen LogP contribution in [0.15, 0.2) is 42.0 Å². The summed E-state index contributed by atoms with van der Waals surface area (Å²) in [5.41, 5.74) is 2.69. The maximum Gasteiger partial charge on any atom is 0.338 e. The SMILES string of the molecule is COCOC1CC[C@@]2(C)C(=CC[C@@H]3[C@H]2CC[C@]2(C)C(OC(=O)c4ccccc4)CC[C@@H]32)C1. The van der Waals surface area contributed by atoms with Crippen LogP contribution in [0.25, 0.3) is 0 Å². The Kier molecular flexibility index (Phi) is 5.96. The molecule has 0 heterocycles. The second-order valence-corrected chi connectivity index (χ2v) is 11.1. The Labute approximate surface area is 192 Å². The fourth-order valence-corrected chi connectivity index (χ4v) is 7.85. The molecule has 2 unspecified atom stereocenters. The molecule has 174 valence electrons. The number of methoxy groups -OCH3 is 1. The zero-order valence-corrected chi connectivity index (χ0v) is 19.8. The van der Waals surface area contributed by atoms with Crippen molar-refractivity contribution in [2.45, 2.75) is 77.4 Å². The monoisotopic (exact) mass is 438 g/mol. The van der Waals surface area contributed by atoms with Crippen molar-refractivity contribution >= 4 is 5.97 Å². The maximum atomic E-state index is 12.8. The first-order chi connectivity index (χ1) is 15.5. The molecule has 0 bridgehead atoms. The number of allylic oxidation sites excluding steroid dienone is 1. The van der Waals surface area contributed by atoms with Crippen molar-refractivity contribution in [2.24, 2.45) is 28.6 Å². The Morgan fingerprint density at radius 2 is 1.84 bits per heavy atom. The maximum absolute atomic E-state index is 12.8. The molecule has 0 saturated heterocycles. The van der Waals surface area contributed by atoms with E-state index in [-0.39, 0.29) is 17.5 Å². The smallest absolute Gasteiger partial charge is 0.338 e. The molecule has 3 fully saturated rings. The van der Waals surface area contributed by atoms with Gasteiger partial charge in [0.15, 0.2) is 0 Å². The van der Waals surface area contributed by atoms with Crippen LogP contribution in [0.4, 0.5) is 0 Å². The zero-order chi connectivity index (χ0) is 22.3. The first-order valence-corrected chi connectivity index (χ1v) is 12.5. The summed E-state index contributed by atoms with van der Waals surface area (Å²) in [6, 6.07) is 9.46. The lowest BCUT2D eigenvalue weighted by Crippen LogP contribution is -2.51. The van der Waals surface area contributed by atoms with Crippen LogP contribution in [-0.4, -0.2) is 32.1 Å². The van der Waals surface area contributed by atoms with Gasteiger partial charge in [-0.1, -0.05) is 43.7 Å². The van der Waals surface area contributed by atoms with Gasteiger partial charge in [-0.2, -0.15) is 0 Å². The number of esters is 1. The minimum absolute atomic E-state index is 0.0394. The molecule has 7 atom stereocenters. The normalized spacial score (nSPS) is 40.6. The number of ether oxygens (including phenoxy) is 3. The summed E-state index contributed by atoms with van der Waals surface area (Å²) in [6.07, 6.45) is 12.1. The van der Waals surface area contributed by atoms with E-state index in [0.717, 1.165) is 31.6 Å². The van der Waals surface area contributed by atoms with E-state index in [1.807, 2.05) is 30.3 Å². The van der Waals surface area contributed by atoms with Crippen molar-refractivity contribution in [2.75, 3.05) is 13.9 Å². The van der Waals surface area contributed by atoms with Crippen LogP contribution in [0.2, 0.25) is 0 Å². The molecular weight excluding hydrogens is 400 g/mol. The molecule has 4 nitrogen and oxygen atoms in total. The van der Waals surface area contributed by atoms with E-state index in [1.165, 1.54) is 25.7 Å². The first kappa shape index (κ1) is 22.2. The largest absolute Gasteiger partial charge is 0.458 e. The third-order valence-corrected chi connectivity index (χ3v) is 9.65. The van der Waals surface area contributed by atoms with Crippen LogP contribution in [0.3, 0.4) is 0 Å². The Balaban J connectivity index is 1.31. The van der Waals surface area contributed by atoms with Gasteiger partial charge in [-0.3, -0.25) is 0 Å². The van der Waals surface area contributed by atoms with Gasteiger partial charge in [0.2, 0.25) is 0 Å². The molecule has 1 aromatic carbocycles. The van der Waals surface area contributed by atoms with Crippen molar-refractivity contribution < 1.29 is 19.0 Å². The number of hydrogen-bond donors (Lipinski definition) is 0. The summed E-state index contributed by atoms with van der Waals surface area (Å²) in [4.78, 5) is 12.8. The van der Waals surface area contributed by atoms with Crippen molar-refractivity contribution in [1.82, 2.24) is 0 Å². The van der Waals surface area contributed by atoms with E-state index < -0.39 is 0 Å². The van der Waals surface area contributed by atoms with E-state index >= 15 is 0 Å². The molecule has 32 heavy (non-hydrogen) atoms. The molecule has 0 N–H and O–H groups in total. The number of hydrogen-bond acceptors (Lipinski definition) is 4. The molecule has 1 aromatic rings. The van der Waals surface area contributed by atoms with E-state index in [4.69, 9.17) is 14.2 Å². The molecule has 4 aliphatic rings. The highest BCUT2D eigenvalue weighted by atomic mass is 16.7. The summed E-state index contributed by atoms with van der Waals surface area (Å²) >= 11 is 0. The third kappa shape index (κ3) is 3.64. The zero-order valence-electron chi connectivity index (χ0n) is 19.8. The lowest BCUT2D eigenvalue weighted by molar-refractivity contribution is -0.102. The number of benzene rings is 1. The quantitative estimate of drug-likeness (QED) is 0.314. The van der Waals surface area contributed by atoms with E-state index in [9.17, 15) is 4.79 Å². The highest BCUT2D eigenvalue weighted by Gasteiger charge is 2.59. The fourth-order valence-electron chi connectivity index (χ4n) is 7.85. The Morgan fingerprint density at radius 1 is 1.03 bits per heavy atom. The molecule has 0 aromatic heterocycles. The lowest BCUT2D eigenvalue weighted by atomic mass is 9.48. The molecule has 0 amide bonds. The fraction of sp³-hybridized carbons (Fsp3) is 0.679. The average Bonchev–Trinajstić information content (AvgIpc) is 3.14. The molecule has 4 heteroatoms. The number of carbonyl (C=O) groups excluding carboxylic acids is 1. The van der Waals surface area contributed by atoms with Crippen LogP contribution in [-0.2, 0) is 14.2 Å². The van der Waals surface area contributed by atoms with Crippen molar-refractivity contribution in [3.8, 4) is 0 Å². The summed E-state index contributed by atoms with van der Waals surface area (Å²) in [6.45, 7) is 5.32. The topological polar surface area (TPSA) is 44.8 Å². The summed E-state index contributed by atoms with van der Waals surface area (Å²) in [5.74, 6) is 1.94. The van der Waals surface area contributed by atoms with Crippen LogP contribution >= 0.6 is 0 Å². The van der Waals surface area contributed by atoms with Gasteiger partial charge in [0.1, 0.15) is 12.9 Å². The number of fused-ring (bicyclic) bond motifs is 5. The summed E-state index contributed by atoms with van der Waals surface area (Å²) in [5, 5.41) is 0. The molecule has 4 aliphatic carbocycles. The number of rotatable bonds is 5. The third-order valence-electron chi connectivity index (χ3n) is 9.65. The summed E-state index contributed by atoms with van der Waals surface area (Å²) in [7, 11) is 1.70. The van der Waals surface area contributed by atoms with Crippen molar-refractivity contribution in [3.63, 3.8) is 0 Å². The molecule has 0 aliphatic heterocycles. The van der Waals surface area contributed by atoms with Crippen LogP contribution < -0.4 is 0 Å².